The van der Waals surface area contributed by atoms with Gasteiger partial charge in [-0.25, -0.2) is 28.8 Å². The highest BCUT2D eigenvalue weighted by molar-refractivity contribution is 5.82. The molecule has 2 unspecified atom stereocenters. The van der Waals surface area contributed by atoms with Crippen molar-refractivity contribution >= 4 is 36.3 Å². The first-order chi connectivity index (χ1) is 23.2. The first-order valence-corrected chi connectivity index (χ1v) is 17.2. The van der Waals surface area contributed by atoms with E-state index >= 15 is 0 Å². The molecule has 16 heteroatoms. The molecule has 278 valence electrons. The van der Waals surface area contributed by atoms with E-state index in [1.165, 1.54) is 0 Å². The van der Waals surface area contributed by atoms with Crippen LogP contribution in [0.1, 0.15) is 105 Å². The van der Waals surface area contributed by atoms with E-state index in [2.05, 4.69) is 21.3 Å². The number of hydrogen-bond donors (Lipinski definition) is 4. The van der Waals surface area contributed by atoms with E-state index in [1.54, 1.807) is 0 Å². The van der Waals surface area contributed by atoms with Crippen molar-refractivity contribution in [3.8, 4) is 0 Å². The largest absolute Gasteiger partial charge is 0.461 e. The fraction of sp³-hybridized carbons (Fsp3) is 0.812. The maximum absolute atomic E-state index is 12.8. The third-order valence-electron chi connectivity index (χ3n) is 6.53. The number of unbranched alkanes of at least 4 members (excludes halogenated alkanes) is 4. The molecule has 0 aliphatic heterocycles. The summed E-state index contributed by atoms with van der Waals surface area (Å²) in [6.07, 6.45) is 4.41. The smallest absolute Gasteiger partial charge is 0.407 e. The highest BCUT2D eigenvalue weighted by Gasteiger charge is 2.25. The Morgan fingerprint density at radius 1 is 0.417 bits per heavy atom. The van der Waals surface area contributed by atoms with Crippen LogP contribution in [0.4, 0.5) is 19.2 Å². The lowest BCUT2D eigenvalue weighted by Gasteiger charge is -2.19. The monoisotopic (exact) mass is 690 g/mol. The van der Waals surface area contributed by atoms with E-state index in [1.807, 2.05) is 27.7 Å². The molecule has 4 amide bonds. The average molecular weight is 691 g/mol. The van der Waals surface area contributed by atoms with Gasteiger partial charge < -0.3 is 49.7 Å². The topological polar surface area (TPSA) is 206 Å². The summed E-state index contributed by atoms with van der Waals surface area (Å²) >= 11 is 0. The van der Waals surface area contributed by atoms with E-state index in [0.29, 0.717) is 38.9 Å². The SMILES string of the molecule is CCCCOC(=O)NCCCC(NC(=O)OCCCC)C(=O)OCCOC(=O)C(CCCNC(=O)OCCCC)NC(=O)OCCCC. The van der Waals surface area contributed by atoms with Crippen molar-refractivity contribution < 1.29 is 57.2 Å². The van der Waals surface area contributed by atoms with Crippen molar-refractivity contribution in [1.82, 2.24) is 21.3 Å². The molecule has 0 aromatic rings. The zero-order valence-electron chi connectivity index (χ0n) is 29.2. The summed E-state index contributed by atoms with van der Waals surface area (Å²) in [5, 5.41) is 10.1. The van der Waals surface area contributed by atoms with Crippen molar-refractivity contribution in [3.05, 3.63) is 0 Å². The molecule has 0 fully saturated rings. The van der Waals surface area contributed by atoms with Crippen LogP contribution in [0.25, 0.3) is 0 Å². The van der Waals surface area contributed by atoms with Crippen molar-refractivity contribution in [3.63, 3.8) is 0 Å². The third kappa shape index (κ3) is 25.2. The summed E-state index contributed by atoms with van der Waals surface area (Å²) in [5.41, 5.74) is 0. The summed E-state index contributed by atoms with van der Waals surface area (Å²) < 4.78 is 30.7. The molecule has 4 N–H and O–H groups in total. The predicted molar refractivity (Wildman–Crippen MR) is 175 cm³/mol. The molecule has 0 rings (SSSR count). The average Bonchev–Trinajstić information content (AvgIpc) is 3.06. The van der Waals surface area contributed by atoms with Crippen LogP contribution in [-0.4, -0.2) is 101 Å². The Kier molecular flexibility index (Phi) is 27.8. The third-order valence-corrected chi connectivity index (χ3v) is 6.53. The standard InChI is InChI=1S/C32H58N4O12/c1-5-9-19-45-29(39)33-17-13-15-25(35-31(41)47-21-11-7-3)27(37)43-23-24-44-28(38)26(36-32(42)48-22-12-8-4)16-14-18-34-30(40)46-20-10-6-2/h25-26H,5-24H2,1-4H3,(H,33,39)(H,34,40)(H,35,41)(H,36,42). The molecule has 48 heavy (non-hydrogen) atoms. The molecular weight excluding hydrogens is 632 g/mol. The van der Waals surface area contributed by atoms with E-state index in [9.17, 15) is 28.8 Å². The number of alkyl carbamates (subject to hydrolysis) is 4. The van der Waals surface area contributed by atoms with Gasteiger partial charge in [0.15, 0.2) is 0 Å². The van der Waals surface area contributed by atoms with Crippen molar-refractivity contribution in [2.75, 3.05) is 52.7 Å². The van der Waals surface area contributed by atoms with Crippen LogP contribution in [0, 0.1) is 0 Å². The number of rotatable bonds is 27. The minimum atomic E-state index is -1.08. The van der Waals surface area contributed by atoms with Gasteiger partial charge in [-0.1, -0.05) is 53.4 Å². The Labute approximate surface area is 284 Å². The molecule has 0 saturated carbocycles. The van der Waals surface area contributed by atoms with Gasteiger partial charge in [0.25, 0.3) is 0 Å². The second-order valence-electron chi connectivity index (χ2n) is 10.8. The van der Waals surface area contributed by atoms with Crippen molar-refractivity contribution in [2.45, 2.75) is 117 Å². The van der Waals surface area contributed by atoms with E-state index in [0.717, 1.165) is 38.5 Å². The summed E-state index contributed by atoms with van der Waals surface area (Å²) in [5.74, 6) is -1.56. The minimum absolute atomic E-state index is 0.128. The second-order valence-corrected chi connectivity index (χ2v) is 10.8. The summed E-state index contributed by atoms with van der Waals surface area (Å²) in [4.78, 5) is 73.6. The van der Waals surface area contributed by atoms with Gasteiger partial charge >= 0.3 is 36.3 Å². The Hall–Kier alpha value is -3.98. The molecule has 0 aliphatic carbocycles. The van der Waals surface area contributed by atoms with Crippen LogP contribution in [-0.2, 0) is 38.0 Å². The van der Waals surface area contributed by atoms with E-state index < -0.39 is 48.4 Å². The first-order valence-electron chi connectivity index (χ1n) is 17.2. The Bertz CT molecular complexity index is 850. The van der Waals surface area contributed by atoms with E-state index in [4.69, 9.17) is 28.4 Å². The summed E-state index contributed by atoms with van der Waals surface area (Å²) in [6, 6.07) is -2.16. The van der Waals surface area contributed by atoms with Crippen LogP contribution in [0.2, 0.25) is 0 Å². The maximum Gasteiger partial charge on any atom is 0.407 e. The fourth-order valence-electron chi connectivity index (χ4n) is 3.68. The van der Waals surface area contributed by atoms with Gasteiger partial charge in [-0.05, 0) is 51.4 Å². The molecule has 0 aromatic carbocycles. The Morgan fingerprint density at radius 2 is 0.729 bits per heavy atom. The van der Waals surface area contributed by atoms with Crippen LogP contribution in [0.15, 0.2) is 0 Å². The molecule has 16 nitrogen and oxygen atoms in total. The van der Waals surface area contributed by atoms with Crippen LogP contribution in [0.5, 0.6) is 0 Å². The van der Waals surface area contributed by atoms with Crippen LogP contribution >= 0.6 is 0 Å². The minimum Gasteiger partial charge on any atom is -0.461 e. The zero-order valence-corrected chi connectivity index (χ0v) is 29.2. The lowest BCUT2D eigenvalue weighted by atomic mass is 10.1. The van der Waals surface area contributed by atoms with Gasteiger partial charge in [0, 0.05) is 13.1 Å². The van der Waals surface area contributed by atoms with Gasteiger partial charge in [0.2, 0.25) is 0 Å². The van der Waals surface area contributed by atoms with Crippen LogP contribution in [0.3, 0.4) is 0 Å². The van der Waals surface area contributed by atoms with Gasteiger partial charge in [-0.3, -0.25) is 0 Å². The molecule has 0 saturated heterocycles. The second kappa shape index (κ2) is 30.4. The van der Waals surface area contributed by atoms with Gasteiger partial charge in [0.1, 0.15) is 25.3 Å². The molecule has 0 spiro atoms. The van der Waals surface area contributed by atoms with Gasteiger partial charge in [0.05, 0.1) is 26.4 Å². The molecule has 0 heterocycles. The van der Waals surface area contributed by atoms with Crippen molar-refractivity contribution in [1.29, 1.82) is 0 Å². The number of ether oxygens (including phenoxy) is 6. The maximum atomic E-state index is 12.8. The molecule has 0 bridgehead atoms. The lowest BCUT2D eigenvalue weighted by molar-refractivity contribution is -0.154. The summed E-state index contributed by atoms with van der Waals surface area (Å²) in [7, 11) is 0. The number of hydrogen-bond acceptors (Lipinski definition) is 12. The fourth-order valence-corrected chi connectivity index (χ4v) is 3.68. The normalized spacial score (nSPS) is 11.7. The van der Waals surface area contributed by atoms with Gasteiger partial charge in [-0.2, -0.15) is 0 Å². The quantitative estimate of drug-likeness (QED) is 0.0535. The molecular formula is C32H58N4O12. The Balaban J connectivity index is 4.96. The van der Waals surface area contributed by atoms with Crippen LogP contribution < -0.4 is 21.3 Å². The molecule has 0 radical (unpaired) electrons. The molecule has 0 aromatic heterocycles. The number of carbonyl (C=O) groups excluding carboxylic acids is 6. The zero-order chi connectivity index (χ0) is 35.8. The Morgan fingerprint density at radius 3 is 1.04 bits per heavy atom. The van der Waals surface area contributed by atoms with E-state index in [-0.39, 0.29) is 52.4 Å². The van der Waals surface area contributed by atoms with Crippen molar-refractivity contribution in [2.24, 2.45) is 0 Å². The molecule has 2 atom stereocenters. The highest BCUT2D eigenvalue weighted by Crippen LogP contribution is 2.05. The molecule has 0 aliphatic rings. The first kappa shape index (κ1) is 44.0. The lowest BCUT2D eigenvalue weighted by Crippen LogP contribution is -2.44. The number of amides is 4. The van der Waals surface area contributed by atoms with Gasteiger partial charge in [-0.15, -0.1) is 0 Å². The number of esters is 2. The summed E-state index contributed by atoms with van der Waals surface area (Å²) in [6.45, 7) is 8.57. The number of nitrogens with one attached hydrogen (secondary N) is 4. The predicted octanol–water partition coefficient (Wildman–Crippen LogP) is 4.48. The number of carbonyl (C=O) groups is 6. The highest BCUT2D eigenvalue weighted by atomic mass is 16.6.